The van der Waals surface area contributed by atoms with Crippen LogP contribution in [0.1, 0.15) is 43.0 Å². The molecule has 4 N–H and O–H groups in total. The lowest BCUT2D eigenvalue weighted by molar-refractivity contribution is -0.121. The largest absolute Gasteiger partial charge is 0.349 e. The Morgan fingerprint density at radius 2 is 1.95 bits per heavy atom. The molecule has 2 aliphatic carbocycles. The average Bonchev–Trinajstić information content (AvgIpc) is 3.31. The molecule has 21 heavy (non-hydrogen) atoms. The number of nitrogens with one attached hydrogen (secondary N) is 2. The first kappa shape index (κ1) is 14.1. The zero-order valence-corrected chi connectivity index (χ0v) is 12.2. The van der Waals surface area contributed by atoms with E-state index in [1.54, 1.807) is 31.2 Å². The Morgan fingerprint density at radius 1 is 1.24 bits per heavy atom. The van der Waals surface area contributed by atoms with Crippen molar-refractivity contribution in [2.75, 3.05) is 5.32 Å². The van der Waals surface area contributed by atoms with E-state index in [9.17, 15) is 9.59 Å². The number of hydrogen-bond donors (Lipinski definition) is 3. The van der Waals surface area contributed by atoms with E-state index in [0.717, 1.165) is 25.7 Å². The SMILES string of the molecule is CC(N)(C(=O)Nc1cccc(C(=O)NC2CC2)c1)C1CC1. The normalized spacial score (nSPS) is 20.5. The molecule has 2 fully saturated rings. The first-order valence-corrected chi connectivity index (χ1v) is 7.48. The van der Waals surface area contributed by atoms with E-state index in [1.807, 2.05) is 0 Å². The van der Waals surface area contributed by atoms with Crippen LogP contribution < -0.4 is 16.4 Å². The maximum absolute atomic E-state index is 12.2. The maximum atomic E-state index is 12.2. The molecule has 5 nitrogen and oxygen atoms in total. The molecule has 1 aromatic carbocycles. The standard InChI is InChI=1S/C16H21N3O2/c1-16(17,11-5-6-11)15(21)19-13-4-2-3-10(9-13)14(20)18-12-7-8-12/h2-4,9,11-12H,5-8,17H2,1H3,(H,18,20)(H,19,21). The highest BCUT2D eigenvalue weighted by atomic mass is 16.2. The molecule has 0 radical (unpaired) electrons. The molecule has 2 aliphatic rings. The Hall–Kier alpha value is -1.88. The van der Waals surface area contributed by atoms with Gasteiger partial charge in [0.25, 0.3) is 5.91 Å². The van der Waals surface area contributed by atoms with Gasteiger partial charge in [-0.15, -0.1) is 0 Å². The highest BCUT2D eigenvalue weighted by Gasteiger charge is 2.44. The molecule has 3 rings (SSSR count). The first-order valence-electron chi connectivity index (χ1n) is 7.48. The summed E-state index contributed by atoms with van der Waals surface area (Å²) in [5, 5.41) is 5.76. The van der Waals surface area contributed by atoms with Gasteiger partial charge in [0, 0.05) is 17.3 Å². The van der Waals surface area contributed by atoms with Crippen LogP contribution in [0.25, 0.3) is 0 Å². The molecule has 0 bridgehead atoms. The third-order valence-electron chi connectivity index (χ3n) is 4.21. The number of carbonyl (C=O) groups excluding carboxylic acids is 2. The van der Waals surface area contributed by atoms with Gasteiger partial charge < -0.3 is 16.4 Å². The molecule has 0 spiro atoms. The second-order valence-electron chi connectivity index (χ2n) is 6.34. The molecular formula is C16H21N3O2. The van der Waals surface area contributed by atoms with Crippen LogP contribution in [0.4, 0.5) is 5.69 Å². The van der Waals surface area contributed by atoms with Crippen LogP contribution in [0.2, 0.25) is 0 Å². The lowest BCUT2D eigenvalue weighted by Gasteiger charge is -2.23. The molecule has 0 saturated heterocycles. The summed E-state index contributed by atoms with van der Waals surface area (Å²) in [4.78, 5) is 24.2. The fourth-order valence-corrected chi connectivity index (χ4v) is 2.37. The number of rotatable bonds is 5. The van der Waals surface area contributed by atoms with Crippen molar-refractivity contribution in [3.63, 3.8) is 0 Å². The van der Waals surface area contributed by atoms with Crippen molar-refractivity contribution < 1.29 is 9.59 Å². The van der Waals surface area contributed by atoms with Gasteiger partial charge in [0.15, 0.2) is 0 Å². The summed E-state index contributed by atoms with van der Waals surface area (Å²) in [5.74, 6) is -0.0186. The van der Waals surface area contributed by atoms with E-state index in [-0.39, 0.29) is 17.7 Å². The minimum Gasteiger partial charge on any atom is -0.349 e. The lowest BCUT2D eigenvalue weighted by Crippen LogP contribution is -2.50. The van der Waals surface area contributed by atoms with Gasteiger partial charge in [-0.1, -0.05) is 6.07 Å². The van der Waals surface area contributed by atoms with Gasteiger partial charge in [0.2, 0.25) is 5.91 Å². The Kier molecular flexibility index (Phi) is 3.45. The molecular weight excluding hydrogens is 266 g/mol. The minimum atomic E-state index is -0.841. The summed E-state index contributed by atoms with van der Waals surface area (Å²) in [5.41, 5.74) is 6.42. The molecule has 0 aromatic heterocycles. The molecule has 2 saturated carbocycles. The molecule has 112 valence electrons. The highest BCUT2D eigenvalue weighted by molar-refractivity contribution is 6.00. The van der Waals surface area contributed by atoms with Gasteiger partial charge >= 0.3 is 0 Å². The van der Waals surface area contributed by atoms with Crippen molar-refractivity contribution in [2.45, 2.75) is 44.2 Å². The quantitative estimate of drug-likeness (QED) is 0.770. The number of carbonyl (C=O) groups is 2. The Labute approximate surface area is 124 Å². The predicted octanol–water partition coefficient (Wildman–Crippen LogP) is 1.64. The van der Waals surface area contributed by atoms with E-state index < -0.39 is 5.54 Å². The van der Waals surface area contributed by atoms with Crippen molar-refractivity contribution in [3.8, 4) is 0 Å². The number of amides is 2. The molecule has 5 heteroatoms. The molecule has 1 atom stereocenters. The van der Waals surface area contributed by atoms with Gasteiger partial charge in [-0.3, -0.25) is 9.59 Å². The van der Waals surface area contributed by atoms with Crippen molar-refractivity contribution in [2.24, 2.45) is 11.7 Å². The molecule has 1 unspecified atom stereocenters. The number of anilines is 1. The molecule has 0 aliphatic heterocycles. The van der Waals surface area contributed by atoms with Gasteiger partial charge in [-0.2, -0.15) is 0 Å². The Bertz CT molecular complexity index is 575. The third kappa shape index (κ3) is 3.24. The zero-order valence-electron chi connectivity index (χ0n) is 12.2. The topological polar surface area (TPSA) is 84.2 Å². The third-order valence-corrected chi connectivity index (χ3v) is 4.21. The van der Waals surface area contributed by atoms with Crippen LogP contribution in [0.15, 0.2) is 24.3 Å². The second kappa shape index (κ2) is 5.15. The summed E-state index contributed by atoms with van der Waals surface area (Å²) in [6, 6.07) is 7.30. The fraction of sp³-hybridized carbons (Fsp3) is 0.500. The number of benzene rings is 1. The summed E-state index contributed by atoms with van der Waals surface area (Å²) in [7, 11) is 0. The smallest absolute Gasteiger partial charge is 0.251 e. The second-order valence-corrected chi connectivity index (χ2v) is 6.34. The molecule has 1 aromatic rings. The Balaban J connectivity index is 1.67. The molecule has 2 amide bonds. The van der Waals surface area contributed by atoms with Crippen molar-refractivity contribution >= 4 is 17.5 Å². The predicted molar refractivity (Wildman–Crippen MR) is 80.9 cm³/mol. The van der Waals surface area contributed by atoms with Crippen LogP contribution in [0.5, 0.6) is 0 Å². The van der Waals surface area contributed by atoms with Crippen LogP contribution in [-0.4, -0.2) is 23.4 Å². The minimum absolute atomic E-state index is 0.0914. The van der Waals surface area contributed by atoms with Crippen molar-refractivity contribution in [1.29, 1.82) is 0 Å². The van der Waals surface area contributed by atoms with E-state index >= 15 is 0 Å². The van der Waals surface area contributed by atoms with E-state index in [0.29, 0.717) is 17.3 Å². The van der Waals surface area contributed by atoms with Crippen LogP contribution in [0.3, 0.4) is 0 Å². The Morgan fingerprint density at radius 3 is 2.57 bits per heavy atom. The van der Waals surface area contributed by atoms with E-state index in [4.69, 9.17) is 5.73 Å². The van der Waals surface area contributed by atoms with Crippen LogP contribution >= 0.6 is 0 Å². The number of hydrogen-bond acceptors (Lipinski definition) is 3. The monoisotopic (exact) mass is 287 g/mol. The summed E-state index contributed by atoms with van der Waals surface area (Å²) in [6.07, 6.45) is 4.11. The summed E-state index contributed by atoms with van der Waals surface area (Å²) >= 11 is 0. The van der Waals surface area contributed by atoms with Crippen molar-refractivity contribution in [1.82, 2.24) is 5.32 Å². The van der Waals surface area contributed by atoms with Gasteiger partial charge in [-0.25, -0.2) is 0 Å². The zero-order chi connectivity index (χ0) is 15.0. The van der Waals surface area contributed by atoms with Crippen molar-refractivity contribution in [3.05, 3.63) is 29.8 Å². The van der Waals surface area contributed by atoms with Gasteiger partial charge in [-0.05, 0) is 56.7 Å². The van der Waals surface area contributed by atoms with Crippen LogP contribution in [0, 0.1) is 5.92 Å². The van der Waals surface area contributed by atoms with Crippen LogP contribution in [-0.2, 0) is 4.79 Å². The maximum Gasteiger partial charge on any atom is 0.251 e. The van der Waals surface area contributed by atoms with E-state index in [2.05, 4.69) is 10.6 Å². The lowest BCUT2D eigenvalue weighted by atomic mass is 9.96. The number of nitrogens with two attached hydrogens (primary N) is 1. The highest BCUT2D eigenvalue weighted by Crippen LogP contribution is 2.38. The summed E-state index contributed by atoms with van der Waals surface area (Å²) in [6.45, 7) is 1.77. The fourth-order valence-electron chi connectivity index (χ4n) is 2.37. The summed E-state index contributed by atoms with van der Waals surface area (Å²) < 4.78 is 0. The van der Waals surface area contributed by atoms with Gasteiger partial charge in [0.1, 0.15) is 0 Å². The van der Waals surface area contributed by atoms with E-state index in [1.165, 1.54) is 0 Å². The molecule has 0 heterocycles. The average molecular weight is 287 g/mol. The first-order chi connectivity index (χ1) is 9.96. The van der Waals surface area contributed by atoms with Gasteiger partial charge in [0.05, 0.1) is 5.54 Å².